The molecule has 2 heterocycles. The number of hydrogen-bond acceptors (Lipinski definition) is 5. The first kappa shape index (κ1) is 12.0. The molecule has 3 N–H and O–H groups in total. The van der Waals surface area contributed by atoms with Gasteiger partial charge < -0.3 is 14.9 Å². The number of ether oxygens (including phenoxy) is 1. The third kappa shape index (κ3) is 2.17. The summed E-state index contributed by atoms with van der Waals surface area (Å²) in [6.07, 6.45) is -0.581. The van der Waals surface area contributed by atoms with Crippen LogP contribution in [0, 0.1) is 6.92 Å². The highest BCUT2D eigenvalue weighted by Gasteiger charge is 2.34. The van der Waals surface area contributed by atoms with Gasteiger partial charge in [0.1, 0.15) is 12.3 Å². The van der Waals surface area contributed by atoms with Gasteiger partial charge in [-0.3, -0.25) is 14.3 Å². The SMILES string of the molecule is C[13c]1[13cH][15n]([13C@H]2[13CH2][13C@H](O)[13C@@H]([13CH2]O)O2)[13c](=O)[15nH][13c]1=O. The summed E-state index contributed by atoms with van der Waals surface area (Å²) in [6.45, 7) is 1.26. The molecule has 0 unspecified atom stereocenters. The summed E-state index contributed by atoms with van der Waals surface area (Å²) in [5.41, 5.74) is -0.643. The van der Waals surface area contributed by atoms with Crippen LogP contribution in [0.5, 0.6) is 0 Å². The van der Waals surface area contributed by atoms with Crippen LogP contribution in [0.2, 0.25) is 0 Å². The van der Waals surface area contributed by atoms with Crippen molar-refractivity contribution in [3.63, 3.8) is 0 Å². The summed E-state index contributed by atoms with van der Waals surface area (Å²) in [6, 6.07) is 0. The van der Waals surface area contributed by atoms with Crippen LogP contribution in [0.4, 0.5) is 0 Å². The molecule has 1 aliphatic rings. The van der Waals surface area contributed by atoms with Gasteiger partial charge in [-0.1, -0.05) is 0 Å². The number of aliphatic hydroxyl groups is 2. The van der Waals surface area contributed by atoms with E-state index in [2.05, 4.69) is 4.98 Å². The summed E-state index contributed by atoms with van der Waals surface area (Å²) in [5.74, 6) is 0. The van der Waals surface area contributed by atoms with Crippen LogP contribution in [0.3, 0.4) is 0 Å². The normalized spacial score (nSPS) is 28.5. The molecule has 0 amide bonds. The molecule has 0 radical (unpaired) electrons. The fraction of sp³-hybridized carbons (Fsp3) is 0.600. The second kappa shape index (κ2) is 4.44. The predicted octanol–water partition coefficient (Wildman–Crippen LogP) is -1.51. The van der Waals surface area contributed by atoms with E-state index < -0.39 is 29.7 Å². The fourth-order valence-electron chi connectivity index (χ4n) is 1.85. The van der Waals surface area contributed by atoms with Crippen molar-refractivity contribution in [3.05, 3.63) is 32.6 Å². The van der Waals surface area contributed by atoms with E-state index in [1.165, 1.54) is 10.8 Å². The van der Waals surface area contributed by atoms with Crippen molar-refractivity contribution in [1.29, 1.82) is 0 Å². The molecule has 1 aromatic heterocycles. The van der Waals surface area contributed by atoms with Crippen molar-refractivity contribution >= 4 is 0 Å². The smallest absolute Gasteiger partial charge is 0.330 e. The second-order valence-electron chi connectivity index (χ2n) is 4.09. The van der Waals surface area contributed by atoms with Gasteiger partial charge >= 0.3 is 5.69 Å². The summed E-state index contributed by atoms with van der Waals surface area (Å²) in [5, 5.41) is 18.5. The highest BCUT2D eigenvalue weighted by molar-refractivity contribution is 5.02. The summed E-state index contributed by atoms with van der Waals surface area (Å²) < 4.78 is 6.54. The topological polar surface area (TPSA) is 105 Å². The molecule has 1 saturated heterocycles. The van der Waals surface area contributed by atoms with Crippen LogP contribution in [0.15, 0.2) is 15.8 Å². The Bertz CT molecular complexity index is 520. The number of nitrogens with zero attached hydrogens (tertiary/aromatic N) is 1. The van der Waals surface area contributed by atoms with Crippen molar-refractivity contribution < 1.29 is 14.9 Å². The van der Waals surface area contributed by atoms with Crippen LogP contribution in [-0.4, -0.2) is 38.6 Å². The Morgan fingerprint density at radius 2 is 2.29 bits per heavy atom. The number of aliphatic hydroxyl groups excluding tert-OH is 2. The molecule has 0 aliphatic carbocycles. The van der Waals surface area contributed by atoms with Crippen LogP contribution >= 0.6 is 0 Å². The molecule has 0 bridgehead atoms. The minimum atomic E-state index is -0.816. The van der Waals surface area contributed by atoms with Gasteiger partial charge in [-0.05, 0) is 6.92 Å². The molecule has 0 aromatic carbocycles. The van der Waals surface area contributed by atoms with E-state index >= 15 is 0 Å². The van der Waals surface area contributed by atoms with Gasteiger partial charge in [-0.15, -0.1) is 0 Å². The third-order valence-corrected chi connectivity index (χ3v) is 2.84. The fourth-order valence-corrected chi connectivity index (χ4v) is 1.85. The minimum absolute atomic E-state index is 0.205. The molecule has 0 spiro atoms. The van der Waals surface area contributed by atoms with Gasteiger partial charge in [0.25, 0.3) is 5.56 Å². The highest BCUT2D eigenvalue weighted by atomic mass is 16.8. The molecular formula is C10H14N2O5. The van der Waals surface area contributed by atoms with E-state index in [1.54, 1.807) is 6.92 Å². The van der Waals surface area contributed by atoms with Crippen molar-refractivity contribution in [2.24, 2.45) is 0 Å². The quantitative estimate of drug-likeness (QED) is 0.555. The number of nitrogens with one attached hydrogen (secondary N) is 1. The van der Waals surface area contributed by atoms with Gasteiger partial charge in [0.2, 0.25) is 0 Å². The van der Waals surface area contributed by atoms with Gasteiger partial charge in [0, 0.05) is 18.2 Å². The van der Waals surface area contributed by atoms with Crippen molar-refractivity contribution in [3.8, 4) is 0 Å². The Hall–Kier alpha value is -1.44. The van der Waals surface area contributed by atoms with Crippen LogP contribution < -0.4 is 11.2 Å². The Kier molecular flexibility index (Phi) is 3.14. The van der Waals surface area contributed by atoms with Crippen LogP contribution in [0.1, 0.15) is 18.2 Å². The lowest BCUT2D eigenvalue weighted by Gasteiger charge is -2.14. The number of H-pyrrole nitrogens is 1. The Morgan fingerprint density at radius 3 is 2.88 bits per heavy atom. The maximum atomic E-state index is 11.6. The molecule has 94 valence electrons. The molecule has 1 aromatic rings. The van der Waals surface area contributed by atoms with Crippen molar-refractivity contribution in [2.75, 3.05) is 6.61 Å². The second-order valence-corrected chi connectivity index (χ2v) is 4.09. The van der Waals surface area contributed by atoms with E-state index in [0.29, 0.717) is 5.56 Å². The number of aromatic nitrogens is 2. The van der Waals surface area contributed by atoms with E-state index in [4.69, 9.17) is 9.84 Å². The molecule has 7 heteroatoms. The first-order chi connectivity index (χ1) is 8.02. The molecule has 2 rings (SSSR count). The lowest BCUT2D eigenvalue weighted by atomic mass is 11.1. The van der Waals surface area contributed by atoms with Crippen LogP contribution in [0.25, 0.3) is 0 Å². The van der Waals surface area contributed by atoms with Crippen LogP contribution in [-0.2, 0) is 4.74 Å². The minimum Gasteiger partial charge on any atom is -0.394 e. The summed E-state index contributed by atoms with van der Waals surface area (Å²) >= 11 is 0. The van der Waals surface area contributed by atoms with E-state index in [0.717, 1.165) is 0 Å². The molecule has 0 saturated carbocycles. The number of aromatic amines is 1. The van der Waals surface area contributed by atoms with Gasteiger partial charge in [0.15, 0.2) is 0 Å². The van der Waals surface area contributed by atoms with Gasteiger partial charge in [0.05, 0.1) is 12.7 Å². The average molecular weight is 253 g/mol. The summed E-state index contributed by atoms with van der Waals surface area (Å²) in [4.78, 5) is 24.9. The zero-order valence-corrected chi connectivity index (χ0v) is 9.29. The van der Waals surface area contributed by atoms with E-state index in [1.807, 2.05) is 0 Å². The van der Waals surface area contributed by atoms with E-state index in [-0.39, 0.29) is 13.0 Å². The predicted molar refractivity (Wildman–Crippen MR) is 57.7 cm³/mol. The molecule has 7 nitrogen and oxygen atoms in total. The number of aryl methyl sites for hydroxylation is 1. The lowest BCUT2D eigenvalue weighted by molar-refractivity contribution is -0.0459. The average Bonchev–Trinajstić information content (AvgIpc) is 2.65. The first-order valence-electron chi connectivity index (χ1n) is 5.29. The Labute approximate surface area is 96.3 Å². The Morgan fingerprint density at radius 1 is 1.59 bits per heavy atom. The monoisotopic (exact) mass is 253 g/mol. The Balaban J connectivity index is 2.34. The summed E-state index contributed by atoms with van der Waals surface area (Å²) in [7, 11) is 0. The molecule has 3 atom stereocenters. The number of hydrogen-bond donors (Lipinski definition) is 3. The molecule has 17 heavy (non-hydrogen) atoms. The van der Waals surface area contributed by atoms with E-state index in [9.17, 15) is 14.7 Å². The maximum Gasteiger partial charge on any atom is 0.330 e. The number of rotatable bonds is 2. The zero-order chi connectivity index (χ0) is 12.6. The standard InChI is InChI=1S/C10H14N2O5/c1-5-3-12(10(16)11-9(5)15)8-2-6(14)7(4-13)17-8/h3,6-8,13-14H,2,4H2,1H3,(H,11,15,16)/t6-,7+,8+/m0/s1/i2+1,3+1,4+1,5+1,6+1,7+1,8+1,9+1,10+1,11+1,12+1. The van der Waals surface area contributed by atoms with Crippen molar-refractivity contribution in [2.45, 2.75) is 31.8 Å². The molecule has 1 fully saturated rings. The van der Waals surface area contributed by atoms with Gasteiger partial charge in [-0.2, -0.15) is 0 Å². The third-order valence-electron chi connectivity index (χ3n) is 2.84. The maximum absolute atomic E-state index is 11.6. The first-order valence-corrected chi connectivity index (χ1v) is 5.29. The zero-order valence-electron chi connectivity index (χ0n) is 9.29. The molecule has 1 aliphatic heterocycles. The van der Waals surface area contributed by atoms with Crippen molar-refractivity contribution in [1.82, 2.24) is 9.55 Å². The lowest BCUT2D eigenvalue weighted by Crippen LogP contribution is -2.33. The van der Waals surface area contributed by atoms with Gasteiger partial charge in [-0.25, -0.2) is 4.79 Å². The highest BCUT2D eigenvalue weighted by Crippen LogP contribution is 2.27. The largest absolute Gasteiger partial charge is 0.394 e. The molecular weight excluding hydrogens is 239 g/mol.